The Morgan fingerprint density at radius 1 is 1.24 bits per heavy atom. The van der Waals surface area contributed by atoms with Gasteiger partial charge >= 0.3 is 0 Å². The number of amides is 1. The summed E-state index contributed by atoms with van der Waals surface area (Å²) in [6.07, 6.45) is 0.289. The zero-order valence-corrected chi connectivity index (χ0v) is 13.1. The van der Waals surface area contributed by atoms with Gasteiger partial charge in [-0.2, -0.15) is 0 Å². The van der Waals surface area contributed by atoms with Crippen molar-refractivity contribution in [2.75, 3.05) is 40.0 Å². The van der Waals surface area contributed by atoms with Gasteiger partial charge < -0.3 is 19.5 Å². The quantitative estimate of drug-likeness (QED) is 0.751. The first-order valence-electron chi connectivity index (χ1n) is 7.16. The first kappa shape index (κ1) is 17.5. The lowest BCUT2D eigenvalue weighted by Gasteiger charge is -2.21. The molecule has 0 spiro atoms. The molecule has 118 valence electrons. The van der Waals surface area contributed by atoms with Gasteiger partial charge in [0.05, 0.1) is 26.2 Å². The summed E-state index contributed by atoms with van der Waals surface area (Å²) in [5.41, 5.74) is 2.25. The van der Waals surface area contributed by atoms with Gasteiger partial charge in [0.2, 0.25) is 5.91 Å². The van der Waals surface area contributed by atoms with Gasteiger partial charge in [-0.25, -0.2) is 0 Å². The number of rotatable bonds is 9. The predicted octanol–water partition coefficient (Wildman–Crippen LogP) is 1.54. The Morgan fingerprint density at radius 3 is 2.62 bits per heavy atom. The van der Waals surface area contributed by atoms with Crippen molar-refractivity contribution in [2.45, 2.75) is 20.3 Å². The van der Waals surface area contributed by atoms with E-state index in [9.17, 15) is 4.79 Å². The maximum absolute atomic E-state index is 12.0. The van der Waals surface area contributed by atoms with Gasteiger partial charge in [0.25, 0.3) is 0 Å². The number of ether oxygens (including phenoxy) is 2. The first-order valence-corrected chi connectivity index (χ1v) is 7.16. The second kappa shape index (κ2) is 9.37. The summed E-state index contributed by atoms with van der Waals surface area (Å²) in [5, 5.41) is 8.98. The standard InChI is InChI=1S/C16H25NO4/c1-13-4-5-15(14(2)12-13)21-10-6-16(19)17(7-9-18)8-11-20-3/h4-5,12,18H,6-11H2,1-3H3. The predicted molar refractivity (Wildman–Crippen MR) is 81.6 cm³/mol. The van der Waals surface area contributed by atoms with Crippen molar-refractivity contribution in [1.82, 2.24) is 4.90 Å². The lowest BCUT2D eigenvalue weighted by molar-refractivity contribution is -0.132. The smallest absolute Gasteiger partial charge is 0.226 e. The first-order chi connectivity index (χ1) is 10.1. The van der Waals surface area contributed by atoms with Crippen molar-refractivity contribution in [3.05, 3.63) is 29.3 Å². The molecule has 1 aromatic carbocycles. The van der Waals surface area contributed by atoms with Crippen molar-refractivity contribution in [3.63, 3.8) is 0 Å². The third-order valence-electron chi connectivity index (χ3n) is 3.19. The van der Waals surface area contributed by atoms with Crippen molar-refractivity contribution >= 4 is 5.91 Å². The molecule has 0 heterocycles. The molecule has 0 unspecified atom stereocenters. The van der Waals surface area contributed by atoms with E-state index in [0.717, 1.165) is 11.3 Å². The number of aryl methyl sites for hydroxylation is 2. The van der Waals surface area contributed by atoms with Crippen LogP contribution in [0.25, 0.3) is 0 Å². The number of carbonyl (C=O) groups is 1. The van der Waals surface area contributed by atoms with Crippen LogP contribution in [0.3, 0.4) is 0 Å². The molecule has 21 heavy (non-hydrogen) atoms. The number of aliphatic hydroxyl groups excluding tert-OH is 1. The Bertz CT molecular complexity index is 448. The minimum atomic E-state index is -0.0482. The summed E-state index contributed by atoms with van der Waals surface area (Å²) in [6, 6.07) is 5.96. The Balaban J connectivity index is 2.43. The summed E-state index contributed by atoms with van der Waals surface area (Å²) >= 11 is 0. The molecule has 0 saturated carbocycles. The van der Waals surface area contributed by atoms with E-state index in [-0.39, 0.29) is 18.9 Å². The molecule has 0 aliphatic rings. The zero-order chi connectivity index (χ0) is 15.7. The maximum atomic E-state index is 12.0. The van der Waals surface area contributed by atoms with Gasteiger partial charge in [-0.3, -0.25) is 4.79 Å². The molecule has 0 bridgehead atoms. The lowest BCUT2D eigenvalue weighted by Crippen LogP contribution is -2.36. The number of methoxy groups -OCH3 is 1. The van der Waals surface area contributed by atoms with Gasteiger partial charge in [0.15, 0.2) is 0 Å². The van der Waals surface area contributed by atoms with Crippen molar-refractivity contribution < 1.29 is 19.4 Å². The van der Waals surface area contributed by atoms with Gasteiger partial charge in [0, 0.05) is 20.2 Å². The summed E-state index contributed by atoms with van der Waals surface area (Å²) in [7, 11) is 1.59. The highest BCUT2D eigenvalue weighted by molar-refractivity contribution is 5.76. The third kappa shape index (κ3) is 6.14. The van der Waals surface area contributed by atoms with Crippen LogP contribution in [0.2, 0.25) is 0 Å². The fourth-order valence-electron chi connectivity index (χ4n) is 2.05. The number of carbonyl (C=O) groups excluding carboxylic acids is 1. The van der Waals surface area contributed by atoms with Crippen molar-refractivity contribution in [3.8, 4) is 5.75 Å². The molecule has 1 rings (SSSR count). The lowest BCUT2D eigenvalue weighted by atomic mass is 10.1. The molecule has 1 N–H and O–H groups in total. The van der Waals surface area contributed by atoms with E-state index >= 15 is 0 Å². The Kier molecular flexibility index (Phi) is 7.79. The molecule has 1 amide bonds. The van der Waals surface area contributed by atoms with Gasteiger partial charge in [-0.05, 0) is 25.5 Å². The molecule has 5 heteroatoms. The van der Waals surface area contributed by atoms with Crippen molar-refractivity contribution in [1.29, 1.82) is 0 Å². The van der Waals surface area contributed by atoms with Crippen LogP contribution in [0.1, 0.15) is 17.5 Å². The van der Waals surface area contributed by atoms with Crippen LogP contribution in [0.15, 0.2) is 18.2 Å². The minimum absolute atomic E-state index is 0.0362. The normalized spacial score (nSPS) is 10.5. The highest BCUT2D eigenvalue weighted by Gasteiger charge is 2.12. The highest BCUT2D eigenvalue weighted by Crippen LogP contribution is 2.18. The van der Waals surface area contributed by atoms with E-state index in [0.29, 0.717) is 26.3 Å². The third-order valence-corrected chi connectivity index (χ3v) is 3.19. The van der Waals surface area contributed by atoms with Gasteiger partial charge in [-0.1, -0.05) is 17.7 Å². The Labute approximate surface area is 126 Å². The van der Waals surface area contributed by atoms with Gasteiger partial charge in [0.1, 0.15) is 5.75 Å². The van der Waals surface area contributed by atoms with E-state index in [2.05, 4.69) is 0 Å². The maximum Gasteiger partial charge on any atom is 0.226 e. The summed E-state index contributed by atoms with van der Waals surface area (Å²) in [5.74, 6) is 0.768. The van der Waals surface area contributed by atoms with E-state index in [1.54, 1.807) is 12.0 Å². The van der Waals surface area contributed by atoms with Crippen LogP contribution >= 0.6 is 0 Å². The molecule has 0 aliphatic carbocycles. The van der Waals surface area contributed by atoms with Gasteiger partial charge in [-0.15, -0.1) is 0 Å². The van der Waals surface area contributed by atoms with Crippen LogP contribution in [0, 0.1) is 13.8 Å². The number of nitrogens with zero attached hydrogens (tertiary/aromatic N) is 1. The molecule has 1 aromatic rings. The van der Waals surface area contributed by atoms with Crippen LogP contribution in [-0.4, -0.2) is 55.9 Å². The highest BCUT2D eigenvalue weighted by atomic mass is 16.5. The average molecular weight is 295 g/mol. The number of hydrogen-bond acceptors (Lipinski definition) is 4. The van der Waals surface area contributed by atoms with E-state index in [4.69, 9.17) is 14.6 Å². The van der Waals surface area contributed by atoms with Crippen molar-refractivity contribution in [2.24, 2.45) is 0 Å². The van der Waals surface area contributed by atoms with Crippen LogP contribution in [-0.2, 0) is 9.53 Å². The Morgan fingerprint density at radius 2 is 2.00 bits per heavy atom. The zero-order valence-electron chi connectivity index (χ0n) is 13.1. The topological polar surface area (TPSA) is 59.0 Å². The molecule has 0 aliphatic heterocycles. The second-order valence-electron chi connectivity index (χ2n) is 4.96. The summed E-state index contributed by atoms with van der Waals surface area (Å²) in [6.45, 7) is 5.57. The second-order valence-corrected chi connectivity index (χ2v) is 4.96. The molecular weight excluding hydrogens is 270 g/mol. The van der Waals surface area contributed by atoms with E-state index in [1.165, 1.54) is 5.56 Å². The summed E-state index contributed by atoms with van der Waals surface area (Å²) in [4.78, 5) is 13.6. The monoisotopic (exact) mass is 295 g/mol. The van der Waals surface area contributed by atoms with Crippen LogP contribution in [0.4, 0.5) is 0 Å². The minimum Gasteiger partial charge on any atom is -0.493 e. The fourth-order valence-corrected chi connectivity index (χ4v) is 2.05. The fraction of sp³-hybridized carbons (Fsp3) is 0.562. The average Bonchev–Trinajstić information content (AvgIpc) is 2.45. The molecule has 5 nitrogen and oxygen atoms in total. The van der Waals surface area contributed by atoms with E-state index in [1.807, 2.05) is 32.0 Å². The van der Waals surface area contributed by atoms with E-state index < -0.39 is 0 Å². The number of benzene rings is 1. The number of hydrogen-bond donors (Lipinski definition) is 1. The molecule has 0 atom stereocenters. The Hall–Kier alpha value is -1.59. The molecule has 0 saturated heterocycles. The molecule has 0 aromatic heterocycles. The molecule has 0 fully saturated rings. The molecule has 0 radical (unpaired) electrons. The SMILES string of the molecule is COCCN(CCO)C(=O)CCOc1ccc(C)cc1C. The largest absolute Gasteiger partial charge is 0.493 e. The summed E-state index contributed by atoms with van der Waals surface area (Å²) < 4.78 is 10.6. The number of aliphatic hydroxyl groups is 1. The van der Waals surface area contributed by atoms with Crippen LogP contribution < -0.4 is 4.74 Å². The van der Waals surface area contributed by atoms with Crippen LogP contribution in [0.5, 0.6) is 5.75 Å². The molecular formula is C16H25NO4.